The van der Waals surface area contributed by atoms with E-state index in [0.29, 0.717) is 28.8 Å². The number of para-hydroxylation sites is 1. The van der Waals surface area contributed by atoms with E-state index < -0.39 is 0 Å². The van der Waals surface area contributed by atoms with Crippen molar-refractivity contribution >= 4 is 10.9 Å². The van der Waals surface area contributed by atoms with Crippen LogP contribution in [0.4, 0.5) is 4.39 Å². The standard InChI is InChI=1S/C21H17FN4O/c22-17-9-7-16(8-10-17)20-25-19-6-2-1-5-18(19)21(27)26(20)14-24-13-15-4-3-11-23-12-15/h1-12,24H,13-14H2. The van der Waals surface area contributed by atoms with E-state index >= 15 is 0 Å². The summed E-state index contributed by atoms with van der Waals surface area (Å²) in [5.74, 6) is 0.167. The van der Waals surface area contributed by atoms with Crippen molar-refractivity contribution in [2.75, 3.05) is 0 Å². The lowest BCUT2D eigenvalue weighted by molar-refractivity contribution is 0.544. The summed E-state index contributed by atoms with van der Waals surface area (Å²) in [6, 6.07) is 17.0. The molecule has 27 heavy (non-hydrogen) atoms. The Balaban J connectivity index is 1.74. The highest BCUT2D eigenvalue weighted by Gasteiger charge is 2.12. The fraction of sp³-hybridized carbons (Fsp3) is 0.0952. The van der Waals surface area contributed by atoms with Crippen molar-refractivity contribution < 1.29 is 4.39 Å². The Hall–Kier alpha value is -3.38. The minimum Gasteiger partial charge on any atom is -0.295 e. The van der Waals surface area contributed by atoms with Crippen LogP contribution in [0.2, 0.25) is 0 Å². The maximum atomic E-state index is 13.3. The molecule has 4 aromatic rings. The predicted molar refractivity (Wildman–Crippen MR) is 102 cm³/mol. The predicted octanol–water partition coefficient (Wildman–Crippen LogP) is 3.34. The molecule has 0 aliphatic heterocycles. The number of nitrogens with zero attached hydrogens (tertiary/aromatic N) is 3. The maximum absolute atomic E-state index is 13.3. The van der Waals surface area contributed by atoms with Crippen molar-refractivity contribution in [3.05, 3.63) is 94.8 Å². The first-order valence-corrected chi connectivity index (χ1v) is 8.57. The van der Waals surface area contributed by atoms with Gasteiger partial charge in [-0.05, 0) is 48.0 Å². The Labute approximate surface area is 155 Å². The van der Waals surface area contributed by atoms with Gasteiger partial charge in [0.05, 0.1) is 17.6 Å². The van der Waals surface area contributed by atoms with Crippen LogP contribution in [0.15, 0.2) is 77.9 Å². The smallest absolute Gasteiger partial charge is 0.262 e. The van der Waals surface area contributed by atoms with Crippen LogP contribution >= 0.6 is 0 Å². The molecule has 0 amide bonds. The van der Waals surface area contributed by atoms with Crippen LogP contribution < -0.4 is 10.9 Å². The first-order valence-electron chi connectivity index (χ1n) is 8.57. The molecule has 0 aliphatic carbocycles. The fourth-order valence-electron chi connectivity index (χ4n) is 2.95. The summed E-state index contributed by atoms with van der Waals surface area (Å²) in [6.07, 6.45) is 3.49. The summed E-state index contributed by atoms with van der Waals surface area (Å²) in [6.45, 7) is 0.842. The van der Waals surface area contributed by atoms with E-state index in [1.54, 1.807) is 41.2 Å². The van der Waals surface area contributed by atoms with E-state index in [-0.39, 0.29) is 18.0 Å². The Bertz CT molecular complexity index is 1120. The van der Waals surface area contributed by atoms with Gasteiger partial charge < -0.3 is 0 Å². The molecule has 0 aliphatic rings. The molecule has 4 rings (SSSR count). The average Bonchev–Trinajstić information content (AvgIpc) is 2.71. The summed E-state index contributed by atoms with van der Waals surface area (Å²) < 4.78 is 14.9. The van der Waals surface area contributed by atoms with Crippen LogP contribution in [-0.2, 0) is 13.2 Å². The molecule has 0 radical (unpaired) electrons. The number of rotatable bonds is 5. The highest BCUT2D eigenvalue weighted by Crippen LogP contribution is 2.19. The van der Waals surface area contributed by atoms with E-state index in [4.69, 9.17) is 0 Å². The van der Waals surface area contributed by atoms with E-state index in [1.165, 1.54) is 12.1 Å². The van der Waals surface area contributed by atoms with Gasteiger partial charge in [-0.15, -0.1) is 0 Å². The normalized spacial score (nSPS) is 11.0. The molecule has 2 aromatic heterocycles. The number of halogens is 1. The van der Waals surface area contributed by atoms with Gasteiger partial charge in [-0.2, -0.15) is 0 Å². The van der Waals surface area contributed by atoms with Crippen molar-refractivity contribution in [2.45, 2.75) is 13.2 Å². The van der Waals surface area contributed by atoms with Crippen molar-refractivity contribution in [2.24, 2.45) is 0 Å². The second kappa shape index (κ2) is 7.47. The zero-order chi connectivity index (χ0) is 18.6. The van der Waals surface area contributed by atoms with E-state index in [9.17, 15) is 9.18 Å². The molecular weight excluding hydrogens is 343 g/mol. The summed E-state index contributed by atoms with van der Waals surface area (Å²) in [4.78, 5) is 21.8. The minimum absolute atomic E-state index is 0.140. The molecule has 2 aromatic carbocycles. The number of fused-ring (bicyclic) bond motifs is 1. The van der Waals surface area contributed by atoms with Crippen molar-refractivity contribution in [3.63, 3.8) is 0 Å². The first kappa shape index (κ1) is 17.1. The molecule has 134 valence electrons. The molecule has 0 saturated carbocycles. The zero-order valence-corrected chi connectivity index (χ0v) is 14.5. The van der Waals surface area contributed by atoms with Crippen LogP contribution in [0.3, 0.4) is 0 Å². The summed E-state index contributed by atoms with van der Waals surface area (Å²) >= 11 is 0. The SMILES string of the molecule is O=c1c2ccccc2nc(-c2ccc(F)cc2)n1CNCc1cccnc1. The van der Waals surface area contributed by atoms with Gasteiger partial charge in [0.1, 0.15) is 11.6 Å². The van der Waals surface area contributed by atoms with Crippen LogP contribution in [0.1, 0.15) is 5.56 Å². The summed E-state index contributed by atoms with van der Waals surface area (Å²) in [5, 5.41) is 3.80. The van der Waals surface area contributed by atoms with Gasteiger partial charge in [0.25, 0.3) is 5.56 Å². The number of pyridine rings is 1. The highest BCUT2D eigenvalue weighted by molar-refractivity contribution is 5.79. The van der Waals surface area contributed by atoms with Gasteiger partial charge in [-0.25, -0.2) is 9.37 Å². The van der Waals surface area contributed by atoms with Crippen LogP contribution in [-0.4, -0.2) is 14.5 Å². The first-order chi connectivity index (χ1) is 13.2. The molecule has 0 saturated heterocycles. The monoisotopic (exact) mass is 360 g/mol. The molecule has 0 unspecified atom stereocenters. The fourth-order valence-corrected chi connectivity index (χ4v) is 2.95. The third-order valence-corrected chi connectivity index (χ3v) is 4.29. The van der Waals surface area contributed by atoms with Crippen molar-refractivity contribution in [1.82, 2.24) is 19.9 Å². The minimum atomic E-state index is -0.330. The second-order valence-electron chi connectivity index (χ2n) is 6.14. The van der Waals surface area contributed by atoms with Crippen LogP contribution in [0.5, 0.6) is 0 Å². The maximum Gasteiger partial charge on any atom is 0.262 e. The molecule has 2 heterocycles. The van der Waals surface area contributed by atoms with Gasteiger partial charge in [-0.3, -0.25) is 19.7 Å². The Morgan fingerprint density at radius 2 is 1.81 bits per heavy atom. The van der Waals surface area contributed by atoms with E-state index in [0.717, 1.165) is 5.56 Å². The van der Waals surface area contributed by atoms with Crippen molar-refractivity contribution in [3.8, 4) is 11.4 Å². The van der Waals surface area contributed by atoms with Gasteiger partial charge in [0.15, 0.2) is 0 Å². The van der Waals surface area contributed by atoms with Crippen LogP contribution in [0.25, 0.3) is 22.3 Å². The molecule has 0 fully saturated rings. The lowest BCUT2D eigenvalue weighted by atomic mass is 10.2. The number of hydrogen-bond acceptors (Lipinski definition) is 4. The molecule has 0 spiro atoms. The second-order valence-corrected chi connectivity index (χ2v) is 6.14. The lowest BCUT2D eigenvalue weighted by Gasteiger charge is -2.14. The van der Waals surface area contributed by atoms with E-state index in [2.05, 4.69) is 15.3 Å². The van der Waals surface area contributed by atoms with Gasteiger partial charge in [0.2, 0.25) is 0 Å². The molecular formula is C21H17FN4O. The largest absolute Gasteiger partial charge is 0.295 e. The third-order valence-electron chi connectivity index (χ3n) is 4.29. The lowest BCUT2D eigenvalue weighted by Crippen LogP contribution is -2.30. The quantitative estimate of drug-likeness (QED) is 0.593. The van der Waals surface area contributed by atoms with E-state index in [1.807, 2.05) is 24.3 Å². The highest BCUT2D eigenvalue weighted by atomic mass is 19.1. The number of benzene rings is 2. The van der Waals surface area contributed by atoms with Crippen LogP contribution in [0, 0.1) is 5.82 Å². The Kier molecular flexibility index (Phi) is 4.72. The topological polar surface area (TPSA) is 59.8 Å². The number of hydrogen-bond donors (Lipinski definition) is 1. The Morgan fingerprint density at radius 3 is 2.59 bits per heavy atom. The van der Waals surface area contributed by atoms with Gasteiger partial charge >= 0.3 is 0 Å². The van der Waals surface area contributed by atoms with Gasteiger partial charge in [-0.1, -0.05) is 18.2 Å². The Morgan fingerprint density at radius 1 is 1.00 bits per heavy atom. The molecule has 6 heteroatoms. The average molecular weight is 360 g/mol. The van der Waals surface area contributed by atoms with Crippen molar-refractivity contribution in [1.29, 1.82) is 0 Å². The summed E-state index contributed by atoms with van der Waals surface area (Å²) in [7, 11) is 0. The number of aromatic nitrogens is 3. The third kappa shape index (κ3) is 3.61. The van der Waals surface area contributed by atoms with Gasteiger partial charge in [0, 0.05) is 24.5 Å². The number of nitrogens with one attached hydrogen (secondary N) is 1. The molecule has 1 N–H and O–H groups in total. The molecule has 5 nitrogen and oxygen atoms in total. The zero-order valence-electron chi connectivity index (χ0n) is 14.5. The molecule has 0 bridgehead atoms. The summed E-state index contributed by atoms with van der Waals surface area (Å²) in [5.41, 5.74) is 2.18. The molecule has 0 atom stereocenters.